The molecular formula is C22H22ClN3O2. The quantitative estimate of drug-likeness (QED) is 0.641. The maximum atomic E-state index is 12.7. The summed E-state index contributed by atoms with van der Waals surface area (Å²) in [6, 6.07) is 12.8. The Bertz CT molecular complexity index is 1020. The molecule has 0 unspecified atom stereocenters. The molecule has 2 aromatic heterocycles. The van der Waals surface area contributed by atoms with Crippen LogP contribution in [0.4, 0.5) is 5.69 Å². The van der Waals surface area contributed by atoms with Crippen molar-refractivity contribution in [3.63, 3.8) is 0 Å². The lowest BCUT2D eigenvalue weighted by atomic mass is 10.0. The van der Waals surface area contributed by atoms with Crippen LogP contribution in [0.1, 0.15) is 35.6 Å². The molecule has 5 nitrogen and oxygen atoms in total. The highest BCUT2D eigenvalue weighted by Crippen LogP contribution is 2.27. The van der Waals surface area contributed by atoms with Crippen molar-refractivity contribution in [2.24, 2.45) is 0 Å². The van der Waals surface area contributed by atoms with E-state index in [1.807, 2.05) is 51.1 Å². The number of aromatic nitrogens is 2. The third-order valence-corrected chi connectivity index (χ3v) is 4.86. The molecule has 0 bridgehead atoms. The lowest BCUT2D eigenvalue weighted by molar-refractivity contribution is 0.0154. The average Bonchev–Trinajstić information content (AvgIpc) is 2.69. The van der Waals surface area contributed by atoms with E-state index in [2.05, 4.69) is 15.3 Å². The molecule has 0 spiro atoms. The minimum absolute atomic E-state index is 0.238. The molecule has 3 aromatic rings. The maximum Gasteiger partial charge on any atom is 0.255 e. The molecule has 0 aliphatic rings. The molecule has 3 rings (SSSR count). The first-order valence-electron chi connectivity index (χ1n) is 8.86. The molecule has 0 radical (unpaired) electrons. The molecule has 6 heteroatoms. The highest BCUT2D eigenvalue weighted by molar-refractivity contribution is 6.30. The smallest absolute Gasteiger partial charge is 0.255 e. The van der Waals surface area contributed by atoms with E-state index in [0.29, 0.717) is 22.0 Å². The largest absolute Gasteiger partial charge is 0.373 e. The zero-order valence-corrected chi connectivity index (χ0v) is 17.0. The van der Waals surface area contributed by atoms with Crippen molar-refractivity contribution >= 4 is 23.2 Å². The number of anilines is 1. The lowest BCUT2D eigenvalue weighted by Gasteiger charge is -2.22. The molecule has 0 fully saturated rings. The van der Waals surface area contributed by atoms with Gasteiger partial charge in [-0.2, -0.15) is 0 Å². The van der Waals surface area contributed by atoms with Gasteiger partial charge < -0.3 is 10.1 Å². The summed E-state index contributed by atoms with van der Waals surface area (Å²) in [5, 5.41) is 3.55. The van der Waals surface area contributed by atoms with Crippen molar-refractivity contribution in [3.05, 3.63) is 76.8 Å². The Morgan fingerprint density at radius 3 is 2.64 bits per heavy atom. The number of benzene rings is 1. The van der Waals surface area contributed by atoms with Gasteiger partial charge >= 0.3 is 0 Å². The van der Waals surface area contributed by atoms with Crippen LogP contribution in [0.25, 0.3) is 11.1 Å². The second-order valence-corrected chi connectivity index (χ2v) is 7.40. The molecular weight excluding hydrogens is 374 g/mol. The van der Waals surface area contributed by atoms with Crippen LogP contribution in [0, 0.1) is 6.92 Å². The van der Waals surface area contributed by atoms with Gasteiger partial charge in [0.15, 0.2) is 0 Å². The number of carbonyl (C=O) groups excluding carboxylic acids is 1. The SMILES string of the molecule is COC(C)(C)c1cc(C(=O)Nc2cnc(C)c(-c3cccc(Cl)c3)c2)ccn1. The van der Waals surface area contributed by atoms with E-state index in [0.717, 1.165) is 16.8 Å². The van der Waals surface area contributed by atoms with Crippen molar-refractivity contribution in [1.82, 2.24) is 9.97 Å². The standard InChI is InChI=1S/C22H22ClN3O2/c1-14-19(15-6-5-7-17(23)10-15)12-18(13-25-14)26-21(27)16-8-9-24-20(11-16)22(2,3)28-4/h5-13H,1-4H3,(H,26,27). The second kappa shape index (κ2) is 8.09. The molecule has 0 atom stereocenters. The van der Waals surface area contributed by atoms with Gasteiger partial charge in [0, 0.05) is 35.2 Å². The van der Waals surface area contributed by atoms with Crippen LogP contribution in [-0.4, -0.2) is 23.0 Å². The molecule has 1 aromatic carbocycles. The first kappa shape index (κ1) is 20.0. The summed E-state index contributed by atoms with van der Waals surface area (Å²) < 4.78 is 5.45. The molecule has 0 aliphatic carbocycles. The molecule has 0 saturated carbocycles. The molecule has 0 saturated heterocycles. The van der Waals surface area contributed by atoms with Crippen LogP contribution in [0.3, 0.4) is 0 Å². The van der Waals surface area contributed by atoms with Crippen molar-refractivity contribution in [2.75, 3.05) is 12.4 Å². The van der Waals surface area contributed by atoms with Crippen LogP contribution in [0.5, 0.6) is 0 Å². The molecule has 0 aliphatic heterocycles. The minimum Gasteiger partial charge on any atom is -0.373 e. The van der Waals surface area contributed by atoms with E-state index in [1.165, 1.54) is 0 Å². The average molecular weight is 396 g/mol. The summed E-state index contributed by atoms with van der Waals surface area (Å²) in [6.45, 7) is 5.72. The van der Waals surface area contributed by atoms with Gasteiger partial charge in [-0.05, 0) is 56.7 Å². The van der Waals surface area contributed by atoms with Crippen LogP contribution in [-0.2, 0) is 10.3 Å². The highest BCUT2D eigenvalue weighted by atomic mass is 35.5. The van der Waals surface area contributed by atoms with Crippen molar-refractivity contribution < 1.29 is 9.53 Å². The summed E-state index contributed by atoms with van der Waals surface area (Å²) in [5.74, 6) is -0.238. The van der Waals surface area contributed by atoms with E-state index in [4.69, 9.17) is 16.3 Å². The van der Waals surface area contributed by atoms with Gasteiger partial charge in [-0.1, -0.05) is 23.7 Å². The summed E-state index contributed by atoms with van der Waals surface area (Å²) in [7, 11) is 1.61. The fraction of sp³-hybridized carbons (Fsp3) is 0.227. The predicted molar refractivity (Wildman–Crippen MR) is 112 cm³/mol. The number of hydrogen-bond acceptors (Lipinski definition) is 4. The number of nitrogens with one attached hydrogen (secondary N) is 1. The van der Waals surface area contributed by atoms with Crippen LogP contribution in [0.2, 0.25) is 5.02 Å². The number of ether oxygens (including phenoxy) is 1. The normalized spacial score (nSPS) is 11.3. The molecule has 1 amide bonds. The number of aryl methyl sites for hydroxylation is 1. The molecule has 144 valence electrons. The maximum absolute atomic E-state index is 12.7. The summed E-state index contributed by atoms with van der Waals surface area (Å²) in [4.78, 5) is 21.5. The van der Waals surface area contributed by atoms with Gasteiger partial charge in [0.1, 0.15) is 5.60 Å². The van der Waals surface area contributed by atoms with E-state index >= 15 is 0 Å². The number of nitrogens with zero attached hydrogens (tertiary/aromatic N) is 2. The fourth-order valence-electron chi connectivity index (χ4n) is 2.76. The van der Waals surface area contributed by atoms with Crippen molar-refractivity contribution in [3.8, 4) is 11.1 Å². The number of rotatable bonds is 5. The van der Waals surface area contributed by atoms with E-state index in [-0.39, 0.29) is 5.91 Å². The van der Waals surface area contributed by atoms with E-state index in [9.17, 15) is 4.79 Å². The number of hydrogen-bond donors (Lipinski definition) is 1. The Balaban J connectivity index is 1.87. The monoisotopic (exact) mass is 395 g/mol. The number of halogens is 1. The van der Waals surface area contributed by atoms with Crippen LogP contribution < -0.4 is 5.32 Å². The van der Waals surface area contributed by atoms with Crippen LogP contribution in [0.15, 0.2) is 54.9 Å². The Kier molecular flexibility index (Phi) is 5.77. The first-order chi connectivity index (χ1) is 13.3. The Morgan fingerprint density at radius 1 is 1.14 bits per heavy atom. The zero-order valence-electron chi connectivity index (χ0n) is 16.3. The van der Waals surface area contributed by atoms with Gasteiger partial charge in [0.25, 0.3) is 5.91 Å². The number of pyridine rings is 2. The number of carbonyl (C=O) groups is 1. The number of methoxy groups -OCH3 is 1. The van der Waals surface area contributed by atoms with Gasteiger partial charge in [0.05, 0.1) is 17.6 Å². The minimum atomic E-state index is -0.582. The fourth-order valence-corrected chi connectivity index (χ4v) is 2.95. The first-order valence-corrected chi connectivity index (χ1v) is 9.23. The third kappa shape index (κ3) is 4.38. The van der Waals surface area contributed by atoms with Crippen molar-refractivity contribution in [2.45, 2.75) is 26.4 Å². The van der Waals surface area contributed by atoms with Gasteiger partial charge in [-0.25, -0.2) is 0 Å². The van der Waals surface area contributed by atoms with Crippen molar-refractivity contribution in [1.29, 1.82) is 0 Å². The third-order valence-electron chi connectivity index (χ3n) is 4.63. The summed E-state index contributed by atoms with van der Waals surface area (Å²) >= 11 is 6.11. The molecule has 2 heterocycles. The van der Waals surface area contributed by atoms with Gasteiger partial charge in [-0.15, -0.1) is 0 Å². The number of amides is 1. The summed E-state index contributed by atoms with van der Waals surface area (Å²) in [6.07, 6.45) is 3.25. The Labute approximate surface area is 169 Å². The highest BCUT2D eigenvalue weighted by Gasteiger charge is 2.22. The second-order valence-electron chi connectivity index (χ2n) is 6.97. The van der Waals surface area contributed by atoms with Crippen LogP contribution >= 0.6 is 11.6 Å². The van der Waals surface area contributed by atoms with E-state index in [1.54, 1.807) is 31.6 Å². The molecule has 28 heavy (non-hydrogen) atoms. The lowest BCUT2D eigenvalue weighted by Crippen LogP contribution is -2.22. The predicted octanol–water partition coefficient (Wildman–Crippen LogP) is 5.24. The Hall–Kier alpha value is -2.76. The topological polar surface area (TPSA) is 64.1 Å². The molecule has 1 N–H and O–H groups in total. The van der Waals surface area contributed by atoms with Gasteiger partial charge in [-0.3, -0.25) is 14.8 Å². The van der Waals surface area contributed by atoms with Gasteiger partial charge in [0.2, 0.25) is 0 Å². The van der Waals surface area contributed by atoms with E-state index < -0.39 is 5.60 Å². The Morgan fingerprint density at radius 2 is 1.93 bits per heavy atom. The summed E-state index contributed by atoms with van der Waals surface area (Å²) in [5.41, 5.74) is 3.92. The zero-order chi connectivity index (χ0) is 20.3.